The highest BCUT2D eigenvalue weighted by molar-refractivity contribution is 6.00. The van der Waals surface area contributed by atoms with Crippen LogP contribution in [0.3, 0.4) is 0 Å². The summed E-state index contributed by atoms with van der Waals surface area (Å²) in [5, 5.41) is 33.4. The van der Waals surface area contributed by atoms with Gasteiger partial charge in [-0.25, -0.2) is 4.39 Å². The number of amides is 11. The third-order valence-corrected chi connectivity index (χ3v) is 17.0. The van der Waals surface area contributed by atoms with Crippen molar-refractivity contribution in [2.24, 2.45) is 5.73 Å². The van der Waals surface area contributed by atoms with Gasteiger partial charge < -0.3 is 77.6 Å². The predicted molar refractivity (Wildman–Crippen MR) is 336 cm³/mol. The number of aromatic amines is 1. The van der Waals surface area contributed by atoms with Crippen LogP contribution >= 0.6 is 0 Å². The van der Waals surface area contributed by atoms with Gasteiger partial charge in [0, 0.05) is 82.2 Å². The molecule has 1 saturated heterocycles. The molecule has 27 heteroatoms. The molecular weight excluding hydrogens is 1200 g/mol. The van der Waals surface area contributed by atoms with Crippen LogP contribution in [0.25, 0.3) is 10.9 Å². The highest BCUT2D eigenvalue weighted by atomic mass is 19.1. The van der Waals surface area contributed by atoms with E-state index in [2.05, 4.69) is 47.5 Å². The van der Waals surface area contributed by atoms with Gasteiger partial charge in [0.25, 0.3) is 0 Å². The molecular formula is C66H81FN12O14. The maximum absolute atomic E-state index is 15.3. The molecule has 1 fully saturated rings. The number of benzene rings is 4. The number of aliphatic hydroxyl groups is 1. The Morgan fingerprint density at radius 3 is 2.16 bits per heavy atom. The first-order valence-corrected chi connectivity index (χ1v) is 31.0. The number of methoxy groups -OCH3 is 1. The number of hydrogen-bond acceptors (Lipinski definition) is 14. The molecule has 4 aliphatic heterocycles. The predicted octanol–water partition coefficient (Wildman–Crippen LogP) is 0.678. The Bertz CT molecular complexity index is 3580. The second-order valence-electron chi connectivity index (χ2n) is 24.0. The summed E-state index contributed by atoms with van der Waals surface area (Å²) in [6.45, 7) is 4.32. The first-order valence-electron chi connectivity index (χ1n) is 31.0. The van der Waals surface area contributed by atoms with Crippen LogP contribution in [-0.4, -0.2) is 173 Å². The van der Waals surface area contributed by atoms with Crippen molar-refractivity contribution >= 4 is 75.9 Å². The van der Waals surface area contributed by atoms with Crippen LogP contribution in [0.1, 0.15) is 93.5 Å². The molecule has 1 aromatic heterocycles. The zero-order valence-corrected chi connectivity index (χ0v) is 52.6. The summed E-state index contributed by atoms with van der Waals surface area (Å²) in [6.07, 6.45) is -1.30. The largest absolute Gasteiger partial charge is 0.497 e. The number of halogens is 1. The second-order valence-corrected chi connectivity index (χ2v) is 24.0. The monoisotopic (exact) mass is 1280 g/mol. The Balaban J connectivity index is 1.15. The first-order chi connectivity index (χ1) is 44.4. The van der Waals surface area contributed by atoms with Crippen molar-refractivity contribution in [1.29, 1.82) is 0 Å². The van der Waals surface area contributed by atoms with Crippen LogP contribution in [0.4, 0.5) is 4.39 Å². The van der Waals surface area contributed by atoms with E-state index >= 15 is 14.4 Å². The maximum Gasteiger partial charge on any atom is 0.246 e. The smallest absolute Gasteiger partial charge is 0.246 e. The normalized spacial score (nSPS) is 24.7. The Hall–Kier alpha value is -9.92. The van der Waals surface area contributed by atoms with Crippen LogP contribution in [0, 0.1) is 5.82 Å². The van der Waals surface area contributed by atoms with Gasteiger partial charge in [-0.15, -0.1) is 0 Å². The number of nitrogens with two attached hydrogens (primary N) is 1. The van der Waals surface area contributed by atoms with Gasteiger partial charge in [-0.2, -0.15) is 0 Å². The highest BCUT2D eigenvalue weighted by Crippen LogP contribution is 2.31. The number of H-pyrrole nitrogens is 1. The van der Waals surface area contributed by atoms with Crippen LogP contribution in [0.15, 0.2) is 97.2 Å². The van der Waals surface area contributed by atoms with E-state index in [1.165, 1.54) is 64.2 Å². The zero-order valence-electron chi connectivity index (χ0n) is 52.6. The number of nitrogens with one attached hydrogen (secondary N) is 9. The minimum Gasteiger partial charge on any atom is -0.497 e. The molecule has 9 atom stereocenters. The fourth-order valence-electron chi connectivity index (χ4n) is 11.7. The number of fused-ring (bicyclic) bond motifs is 26. The van der Waals surface area contributed by atoms with Crippen molar-refractivity contribution in [2.45, 2.75) is 152 Å². The molecule has 9 unspecified atom stereocenters. The van der Waals surface area contributed by atoms with Gasteiger partial charge in [-0.1, -0.05) is 48.5 Å². The van der Waals surface area contributed by atoms with Crippen molar-refractivity contribution in [3.63, 3.8) is 0 Å². The molecule has 26 nitrogen and oxygen atoms in total. The SMILES string of the molecule is COc1ccc(CC2NC(=O)C(C(C)O)NC(=O)C3CCC(=O)NCc4cccc(c4)CC(NC(=O)C(C)NC(=O)CCCC(=O)NCCOc4ccc(cc4)CC(C(N)=O)NC(=O)C4(C)CCCN4C2=O)C(=O)NC(Cc2c[nH]c4ccc(F)cc24)C(=O)N3C)cc1. The van der Waals surface area contributed by atoms with Gasteiger partial charge in [-0.05, 0) is 117 Å². The maximum atomic E-state index is 15.3. The summed E-state index contributed by atoms with van der Waals surface area (Å²) in [5.41, 5.74) is 7.34. The van der Waals surface area contributed by atoms with Crippen LogP contribution < -0.4 is 57.7 Å². The van der Waals surface area contributed by atoms with E-state index in [4.69, 9.17) is 15.2 Å². The Kier molecular flexibility index (Phi) is 23.3. The average Bonchev–Trinajstić information content (AvgIpc) is 1.72. The zero-order chi connectivity index (χ0) is 67.1. The third-order valence-electron chi connectivity index (χ3n) is 17.0. The molecule has 9 rings (SSSR count). The van der Waals surface area contributed by atoms with Crippen molar-refractivity contribution in [3.8, 4) is 11.5 Å². The Morgan fingerprint density at radius 2 is 1.44 bits per heavy atom. The number of hydrogen-bond donors (Lipinski definition) is 11. The van der Waals surface area contributed by atoms with Crippen molar-refractivity contribution in [1.82, 2.24) is 57.3 Å². The molecule has 6 bridgehead atoms. The number of ether oxygens (including phenoxy) is 2. The van der Waals surface area contributed by atoms with Gasteiger partial charge in [-0.3, -0.25) is 52.7 Å². The number of aromatic nitrogens is 1. The average molecular weight is 1290 g/mol. The number of primary amides is 1. The molecule has 0 spiro atoms. The van der Waals surface area contributed by atoms with Crippen molar-refractivity contribution < 1.29 is 71.7 Å². The van der Waals surface area contributed by atoms with Crippen LogP contribution in [-0.2, 0) is 85.0 Å². The van der Waals surface area contributed by atoms with E-state index < -0.39 is 125 Å². The quantitative estimate of drug-likeness (QED) is 0.107. The third kappa shape index (κ3) is 18.2. The fraction of sp³-hybridized carbons (Fsp3) is 0.439. The summed E-state index contributed by atoms with van der Waals surface area (Å²) in [6, 6.07) is 13.5. The number of carbonyl (C=O) groups is 11. The summed E-state index contributed by atoms with van der Waals surface area (Å²) < 4.78 is 26.1. The van der Waals surface area contributed by atoms with Crippen LogP contribution in [0.2, 0.25) is 0 Å². The second kappa shape index (κ2) is 31.4. The highest BCUT2D eigenvalue weighted by Gasteiger charge is 2.49. The number of carbonyl (C=O) groups excluding carboxylic acids is 11. The lowest BCUT2D eigenvalue weighted by Gasteiger charge is -2.37. The Labute approximate surface area is 536 Å². The summed E-state index contributed by atoms with van der Waals surface area (Å²) >= 11 is 0. The van der Waals surface area contributed by atoms with Gasteiger partial charge in [0.05, 0.1) is 19.8 Å². The molecule has 12 N–H and O–H groups in total. The minimum absolute atomic E-state index is 0.0294. The minimum atomic E-state index is -1.85. The summed E-state index contributed by atoms with van der Waals surface area (Å²) in [4.78, 5) is 162. The van der Waals surface area contributed by atoms with Crippen molar-refractivity contribution in [2.75, 3.05) is 33.9 Å². The van der Waals surface area contributed by atoms with Gasteiger partial charge >= 0.3 is 0 Å². The summed E-state index contributed by atoms with van der Waals surface area (Å²) in [5.74, 6) is -8.20. The standard InChI is InChI=1S/C66H81FN12O14/c1-37-59(85)73-50-32-41-9-6-10-42(29-41)35-71-55(82)24-23-53(78(4)63(89)52(74-60(50)86)33-43-36-70-48-22-17-44(67)34-47(43)48)61(87)77-57(38(2)80)62(88)75-51(31-40-13-18-45(92-5)19-14-40)64(90)79-27-8-25-66(79,3)65(91)76-49(58(68)84)30-39-15-20-46(21-16-39)93-28-26-69-54(81)11-7-12-56(83)72-37/h6,9-10,13-22,29,34,36-38,49-53,57,70,80H,7-8,11-12,23-28,30-33,35H2,1-5H3,(H2,68,84)(H,69,81)(H,71,82)(H,72,83)(H,73,85)(H,74,86)(H,75,88)(H,76,91)(H,77,87). The molecule has 4 aliphatic rings. The molecule has 5 heterocycles. The van der Waals surface area contributed by atoms with Gasteiger partial charge in [0.1, 0.15) is 71.8 Å². The molecule has 5 aromatic rings. The molecule has 0 radical (unpaired) electrons. The first kappa shape index (κ1) is 69.0. The Morgan fingerprint density at radius 1 is 0.742 bits per heavy atom. The molecule has 0 aliphatic carbocycles. The van der Waals surface area contributed by atoms with Gasteiger partial charge in [0.15, 0.2) is 0 Å². The van der Waals surface area contributed by atoms with E-state index in [0.717, 1.165) is 4.90 Å². The number of aliphatic hydroxyl groups excluding tert-OH is 1. The number of likely N-dealkylation sites (N-methyl/N-ethyl adjacent to an activating group) is 1. The van der Waals surface area contributed by atoms with E-state index in [9.17, 15) is 47.9 Å². The van der Waals surface area contributed by atoms with E-state index in [-0.39, 0.29) is 89.9 Å². The number of rotatable bonds is 7. The van der Waals surface area contributed by atoms with E-state index in [1.807, 2.05) is 0 Å². The topological polar surface area (TPSA) is 371 Å². The number of nitrogens with zero attached hydrogens (tertiary/aromatic N) is 2. The van der Waals surface area contributed by atoms with Crippen molar-refractivity contribution in [3.05, 3.63) is 131 Å². The molecule has 11 amide bonds. The lowest BCUT2D eigenvalue weighted by molar-refractivity contribution is -0.147. The molecule has 93 heavy (non-hydrogen) atoms. The summed E-state index contributed by atoms with van der Waals surface area (Å²) in [7, 11) is 2.71. The molecule has 4 aromatic carbocycles. The molecule has 0 saturated carbocycles. The van der Waals surface area contributed by atoms with E-state index in [1.54, 1.807) is 72.8 Å². The molecule has 496 valence electrons. The van der Waals surface area contributed by atoms with Gasteiger partial charge in [0.2, 0.25) is 65.0 Å². The fourth-order valence-corrected chi connectivity index (χ4v) is 11.7. The lowest BCUT2D eigenvalue weighted by Crippen LogP contribution is -2.64. The lowest BCUT2D eigenvalue weighted by atomic mass is 9.94. The van der Waals surface area contributed by atoms with Crippen LogP contribution in [0.5, 0.6) is 11.5 Å². The van der Waals surface area contributed by atoms with E-state index in [0.29, 0.717) is 56.6 Å².